The molecule has 0 N–H and O–H groups in total. The van der Waals surface area contributed by atoms with E-state index in [4.69, 9.17) is 4.98 Å². The molecule has 2 aromatic heterocycles. The first-order valence-corrected chi connectivity index (χ1v) is 12.5. The molecule has 158 valence electrons. The predicted octanol–water partition coefficient (Wildman–Crippen LogP) is 3.27. The van der Waals surface area contributed by atoms with Crippen LogP contribution in [-0.2, 0) is 21.4 Å². The van der Waals surface area contributed by atoms with E-state index in [0.717, 1.165) is 33.2 Å². The van der Waals surface area contributed by atoms with Crippen LogP contribution in [0.15, 0.2) is 36.7 Å². The minimum absolute atomic E-state index is 0.240. The second-order valence-electron chi connectivity index (χ2n) is 7.69. The molecule has 4 rings (SSSR count). The molecule has 30 heavy (non-hydrogen) atoms. The number of anilines is 1. The first kappa shape index (κ1) is 20.9. The third-order valence-electron chi connectivity index (χ3n) is 5.41. The number of hydrogen-bond acceptors (Lipinski definition) is 6. The number of rotatable bonds is 5. The molecule has 1 aliphatic heterocycles. The van der Waals surface area contributed by atoms with Gasteiger partial charge in [-0.05, 0) is 49.4 Å². The summed E-state index contributed by atoms with van der Waals surface area (Å²) < 4.78 is 26.8. The van der Waals surface area contributed by atoms with Crippen LogP contribution in [0.1, 0.15) is 29.5 Å². The third-order valence-corrected chi connectivity index (χ3v) is 7.91. The minimum Gasteiger partial charge on any atom is -0.282 e. The Balaban J connectivity index is 1.78. The molecule has 3 aromatic rings. The summed E-state index contributed by atoms with van der Waals surface area (Å²) in [6.45, 7) is 4.69. The maximum atomic E-state index is 13.6. The van der Waals surface area contributed by atoms with E-state index >= 15 is 0 Å². The van der Waals surface area contributed by atoms with Crippen molar-refractivity contribution in [1.82, 2.24) is 14.3 Å². The molecule has 0 saturated carbocycles. The number of pyridine rings is 1. The summed E-state index contributed by atoms with van der Waals surface area (Å²) >= 11 is 1.47. The number of thiazole rings is 1. The molecule has 1 aromatic carbocycles. The van der Waals surface area contributed by atoms with E-state index in [1.807, 2.05) is 32.0 Å². The lowest BCUT2D eigenvalue weighted by Gasteiger charge is -2.27. The van der Waals surface area contributed by atoms with Crippen molar-refractivity contribution in [2.24, 2.45) is 0 Å². The van der Waals surface area contributed by atoms with E-state index < -0.39 is 16.1 Å². The lowest BCUT2D eigenvalue weighted by atomic mass is 10.1. The van der Waals surface area contributed by atoms with Crippen LogP contribution in [-0.4, -0.2) is 47.4 Å². The Morgan fingerprint density at radius 3 is 2.70 bits per heavy atom. The Bertz CT molecular complexity index is 1150. The number of carbonyl (C=O) groups is 1. The molecule has 0 aliphatic carbocycles. The number of sulfonamides is 1. The molecule has 1 saturated heterocycles. The minimum atomic E-state index is -3.47. The average molecular weight is 445 g/mol. The zero-order chi connectivity index (χ0) is 21.5. The van der Waals surface area contributed by atoms with Crippen molar-refractivity contribution in [3.63, 3.8) is 0 Å². The maximum absolute atomic E-state index is 13.6. The summed E-state index contributed by atoms with van der Waals surface area (Å²) in [5, 5.41) is 0.580. The van der Waals surface area contributed by atoms with Crippen LogP contribution < -0.4 is 4.90 Å². The number of nitrogens with zero attached hydrogens (tertiary/aromatic N) is 4. The quantitative estimate of drug-likeness (QED) is 0.603. The molecule has 7 nitrogen and oxygen atoms in total. The van der Waals surface area contributed by atoms with Crippen LogP contribution >= 0.6 is 11.3 Å². The van der Waals surface area contributed by atoms with Crippen LogP contribution in [0, 0.1) is 13.8 Å². The van der Waals surface area contributed by atoms with Crippen LogP contribution in [0.2, 0.25) is 0 Å². The van der Waals surface area contributed by atoms with E-state index in [1.54, 1.807) is 17.3 Å². The van der Waals surface area contributed by atoms with Gasteiger partial charge in [-0.2, -0.15) is 4.31 Å². The fourth-order valence-corrected chi connectivity index (χ4v) is 6.08. The summed E-state index contributed by atoms with van der Waals surface area (Å²) in [6, 6.07) is 7.10. The lowest BCUT2D eigenvalue weighted by molar-refractivity contribution is -0.121. The Labute approximate surface area is 180 Å². The molecule has 1 aliphatic rings. The Hall–Kier alpha value is -2.36. The molecule has 1 amide bonds. The Morgan fingerprint density at radius 1 is 1.27 bits per heavy atom. The molecular weight excluding hydrogens is 420 g/mol. The van der Waals surface area contributed by atoms with Gasteiger partial charge in [-0.1, -0.05) is 29.5 Å². The fraction of sp³-hybridized carbons (Fsp3) is 0.381. The molecule has 0 radical (unpaired) electrons. The predicted molar refractivity (Wildman–Crippen MR) is 119 cm³/mol. The van der Waals surface area contributed by atoms with Gasteiger partial charge in [0.25, 0.3) is 0 Å². The molecule has 0 spiro atoms. The monoisotopic (exact) mass is 444 g/mol. The molecule has 9 heteroatoms. The van der Waals surface area contributed by atoms with Gasteiger partial charge in [0.05, 0.1) is 23.0 Å². The topological polar surface area (TPSA) is 83.5 Å². The van der Waals surface area contributed by atoms with Crippen molar-refractivity contribution in [3.8, 4) is 0 Å². The van der Waals surface area contributed by atoms with E-state index in [2.05, 4.69) is 11.1 Å². The van der Waals surface area contributed by atoms with Gasteiger partial charge in [0, 0.05) is 18.9 Å². The van der Waals surface area contributed by atoms with Crippen LogP contribution in [0.4, 0.5) is 5.13 Å². The molecule has 1 atom stereocenters. The number of aryl methyl sites for hydroxylation is 2. The van der Waals surface area contributed by atoms with Crippen molar-refractivity contribution in [3.05, 3.63) is 53.3 Å². The highest BCUT2D eigenvalue weighted by Gasteiger charge is 2.39. The second-order valence-corrected chi connectivity index (χ2v) is 10.6. The SMILES string of the molecule is Cc1ccc(C)c2sc(N(Cc3cccnc3)C(=O)[C@@H]3CCCN3S(C)(=O)=O)nc12. The summed E-state index contributed by atoms with van der Waals surface area (Å²) in [7, 11) is -3.47. The number of amides is 1. The zero-order valence-corrected chi connectivity index (χ0v) is 18.8. The van der Waals surface area contributed by atoms with E-state index in [-0.39, 0.29) is 5.91 Å². The summed E-state index contributed by atoms with van der Waals surface area (Å²) in [5.74, 6) is -0.240. The molecule has 0 bridgehead atoms. The van der Waals surface area contributed by atoms with Crippen molar-refractivity contribution in [2.75, 3.05) is 17.7 Å². The summed E-state index contributed by atoms with van der Waals surface area (Å²) in [5.41, 5.74) is 3.89. The average Bonchev–Trinajstić information content (AvgIpc) is 3.37. The van der Waals surface area contributed by atoms with Crippen LogP contribution in [0.5, 0.6) is 0 Å². The normalized spacial score (nSPS) is 17.5. The highest BCUT2D eigenvalue weighted by atomic mass is 32.2. The van der Waals surface area contributed by atoms with E-state index in [1.165, 1.54) is 15.6 Å². The Kier molecular flexibility index (Phi) is 5.61. The van der Waals surface area contributed by atoms with Gasteiger partial charge in [-0.25, -0.2) is 13.4 Å². The van der Waals surface area contributed by atoms with Gasteiger partial charge in [0.2, 0.25) is 15.9 Å². The molecular formula is C21H24N4O3S2. The third kappa shape index (κ3) is 3.97. The number of hydrogen-bond donors (Lipinski definition) is 0. The van der Waals surface area contributed by atoms with E-state index in [9.17, 15) is 13.2 Å². The van der Waals surface area contributed by atoms with Crippen molar-refractivity contribution >= 4 is 42.6 Å². The maximum Gasteiger partial charge on any atom is 0.247 e. The highest BCUT2D eigenvalue weighted by molar-refractivity contribution is 7.88. The van der Waals surface area contributed by atoms with Gasteiger partial charge in [0.15, 0.2) is 5.13 Å². The molecule has 1 fully saturated rings. The van der Waals surface area contributed by atoms with E-state index in [0.29, 0.717) is 31.1 Å². The zero-order valence-electron chi connectivity index (χ0n) is 17.2. The number of benzene rings is 1. The van der Waals surface area contributed by atoms with Gasteiger partial charge in [-0.3, -0.25) is 14.7 Å². The van der Waals surface area contributed by atoms with Gasteiger partial charge in [-0.15, -0.1) is 0 Å². The smallest absolute Gasteiger partial charge is 0.247 e. The van der Waals surface area contributed by atoms with Crippen LogP contribution in [0.3, 0.4) is 0 Å². The van der Waals surface area contributed by atoms with Gasteiger partial charge in [0.1, 0.15) is 6.04 Å². The number of carbonyl (C=O) groups excluding carboxylic acids is 1. The van der Waals surface area contributed by atoms with Crippen molar-refractivity contribution < 1.29 is 13.2 Å². The van der Waals surface area contributed by atoms with Crippen molar-refractivity contribution in [2.45, 2.75) is 39.3 Å². The standard InChI is InChI=1S/C21H24N4O3S2/c1-14-8-9-15(2)19-18(14)23-21(29-19)24(13-16-6-4-10-22-12-16)20(26)17-7-5-11-25(17)30(3,27)28/h4,6,8-10,12,17H,5,7,11,13H2,1-3H3/t17-/m0/s1. The largest absolute Gasteiger partial charge is 0.282 e. The Morgan fingerprint density at radius 2 is 2.03 bits per heavy atom. The number of fused-ring (bicyclic) bond motifs is 1. The first-order chi connectivity index (χ1) is 14.3. The summed E-state index contributed by atoms with van der Waals surface area (Å²) in [6.07, 6.45) is 5.74. The fourth-order valence-electron chi connectivity index (χ4n) is 3.84. The van der Waals surface area contributed by atoms with Crippen molar-refractivity contribution in [1.29, 1.82) is 0 Å². The van der Waals surface area contributed by atoms with Crippen LogP contribution in [0.25, 0.3) is 10.2 Å². The molecule has 3 heterocycles. The van der Waals surface area contributed by atoms with Gasteiger partial charge < -0.3 is 0 Å². The summed E-state index contributed by atoms with van der Waals surface area (Å²) in [4.78, 5) is 24.2. The second kappa shape index (κ2) is 8.05. The van der Waals surface area contributed by atoms with Gasteiger partial charge >= 0.3 is 0 Å². The molecule has 0 unspecified atom stereocenters. The number of aromatic nitrogens is 2. The lowest BCUT2D eigenvalue weighted by Crippen LogP contribution is -2.47. The highest BCUT2D eigenvalue weighted by Crippen LogP contribution is 2.35. The first-order valence-electron chi connectivity index (χ1n) is 9.79.